The van der Waals surface area contributed by atoms with Crippen LogP contribution in [-0.2, 0) is 17.9 Å². The van der Waals surface area contributed by atoms with Crippen molar-refractivity contribution in [1.82, 2.24) is 14.8 Å². The van der Waals surface area contributed by atoms with Crippen molar-refractivity contribution in [2.24, 2.45) is 0 Å². The minimum Gasteiger partial charge on any atom is -0.345 e. The molecule has 1 aromatic heterocycles. The summed E-state index contributed by atoms with van der Waals surface area (Å²) in [4.78, 5) is 24.2. The van der Waals surface area contributed by atoms with Gasteiger partial charge in [0.1, 0.15) is 5.82 Å². The number of likely N-dealkylation sites (tertiary alicyclic amines) is 1. The molecule has 204 valence electrons. The Morgan fingerprint density at radius 1 is 0.875 bits per heavy atom. The number of aromatic nitrogens is 1. The van der Waals surface area contributed by atoms with Gasteiger partial charge in [-0.1, -0.05) is 54.6 Å². The smallest absolute Gasteiger partial charge is 0.247 e. The highest BCUT2D eigenvalue weighted by Gasteiger charge is 2.27. The Hall–Kier alpha value is -4.29. The van der Waals surface area contributed by atoms with E-state index in [0.29, 0.717) is 6.54 Å². The number of carbonyl (C=O) groups excluding carboxylic acids is 1. The van der Waals surface area contributed by atoms with Gasteiger partial charge in [-0.3, -0.25) is 14.7 Å². The molecular weight excluding hydrogens is 499 g/mol. The third-order valence-electron chi connectivity index (χ3n) is 7.54. The molecule has 1 aliphatic heterocycles. The van der Waals surface area contributed by atoms with Gasteiger partial charge in [-0.05, 0) is 72.0 Å². The third kappa shape index (κ3) is 7.21. The van der Waals surface area contributed by atoms with E-state index in [1.165, 1.54) is 17.7 Å². The van der Waals surface area contributed by atoms with Crippen LogP contribution in [-0.4, -0.2) is 46.9 Å². The van der Waals surface area contributed by atoms with Gasteiger partial charge in [-0.15, -0.1) is 0 Å². The summed E-state index contributed by atoms with van der Waals surface area (Å²) in [6.45, 7) is 3.36. The van der Waals surface area contributed by atoms with Crippen LogP contribution in [0.25, 0.3) is 6.08 Å². The van der Waals surface area contributed by atoms with Gasteiger partial charge in [-0.2, -0.15) is 0 Å². The monoisotopic (exact) mass is 534 g/mol. The Morgan fingerprint density at radius 3 is 2.20 bits per heavy atom. The highest BCUT2D eigenvalue weighted by atomic mass is 19.1. The summed E-state index contributed by atoms with van der Waals surface area (Å²) in [5.41, 5.74) is 5.33. The third-order valence-corrected chi connectivity index (χ3v) is 7.54. The zero-order valence-corrected chi connectivity index (χ0v) is 22.9. The molecule has 5 rings (SSSR count). The van der Waals surface area contributed by atoms with Crippen LogP contribution in [0, 0.1) is 5.82 Å². The number of benzene rings is 3. The van der Waals surface area contributed by atoms with Crippen LogP contribution in [0.15, 0.2) is 109 Å². The number of piperidine rings is 1. The van der Waals surface area contributed by atoms with Gasteiger partial charge in [0, 0.05) is 69.1 Å². The normalized spacial score (nSPS) is 14.3. The molecule has 40 heavy (non-hydrogen) atoms. The Morgan fingerprint density at radius 2 is 1.52 bits per heavy atom. The van der Waals surface area contributed by atoms with E-state index in [2.05, 4.69) is 63.3 Å². The standard InChI is InChI=1S/C34H35FN4O/c1-37(32-17-21-36-22-18-32)31-14-9-29(10-15-31)26-39(34(40)16-11-27-7-12-30(35)13-8-27)33-19-23-38(24-20-33)25-28-5-3-2-4-6-28/h2-18,21-22,33H,19-20,23-26H2,1H3/b16-11+. The lowest BCUT2D eigenvalue weighted by Gasteiger charge is -2.38. The molecule has 0 saturated carbocycles. The molecule has 0 aliphatic carbocycles. The number of halogens is 1. The van der Waals surface area contributed by atoms with E-state index in [1.807, 2.05) is 30.1 Å². The summed E-state index contributed by atoms with van der Waals surface area (Å²) in [6.07, 6.45) is 8.81. The van der Waals surface area contributed by atoms with Crippen molar-refractivity contribution in [3.8, 4) is 0 Å². The molecule has 1 saturated heterocycles. The number of rotatable bonds is 9. The molecule has 1 amide bonds. The van der Waals surface area contributed by atoms with Gasteiger partial charge in [0.2, 0.25) is 5.91 Å². The maximum atomic E-state index is 13.6. The first-order valence-corrected chi connectivity index (χ1v) is 13.8. The molecule has 1 fully saturated rings. The maximum absolute atomic E-state index is 13.6. The fourth-order valence-corrected chi connectivity index (χ4v) is 5.19. The first-order chi connectivity index (χ1) is 19.5. The molecule has 4 aromatic rings. The van der Waals surface area contributed by atoms with Crippen LogP contribution in [0.2, 0.25) is 0 Å². The van der Waals surface area contributed by atoms with Gasteiger partial charge in [0.15, 0.2) is 0 Å². The molecule has 6 heteroatoms. The van der Waals surface area contributed by atoms with Gasteiger partial charge in [0.05, 0.1) is 0 Å². The summed E-state index contributed by atoms with van der Waals surface area (Å²) >= 11 is 0. The summed E-state index contributed by atoms with van der Waals surface area (Å²) < 4.78 is 13.3. The highest BCUT2D eigenvalue weighted by Crippen LogP contribution is 2.25. The quantitative estimate of drug-likeness (QED) is 0.224. The first kappa shape index (κ1) is 27.3. The summed E-state index contributed by atoms with van der Waals surface area (Å²) in [5, 5.41) is 0. The topological polar surface area (TPSA) is 39.7 Å². The Labute approximate surface area is 236 Å². The Kier molecular flexibility index (Phi) is 8.99. The number of pyridine rings is 1. The van der Waals surface area contributed by atoms with Crippen LogP contribution < -0.4 is 4.90 Å². The van der Waals surface area contributed by atoms with Crippen molar-refractivity contribution < 1.29 is 9.18 Å². The number of amides is 1. The van der Waals surface area contributed by atoms with E-state index < -0.39 is 0 Å². The van der Waals surface area contributed by atoms with E-state index in [4.69, 9.17) is 0 Å². The van der Waals surface area contributed by atoms with Crippen molar-refractivity contribution in [2.75, 3.05) is 25.0 Å². The van der Waals surface area contributed by atoms with Crippen LogP contribution >= 0.6 is 0 Å². The summed E-state index contributed by atoms with van der Waals surface area (Å²) in [5.74, 6) is -0.311. The zero-order chi connectivity index (χ0) is 27.7. The van der Waals surface area contributed by atoms with Crippen molar-refractivity contribution in [2.45, 2.75) is 32.0 Å². The average Bonchev–Trinajstić information content (AvgIpc) is 3.01. The lowest BCUT2D eigenvalue weighted by molar-refractivity contribution is -0.130. The number of nitrogens with zero attached hydrogens (tertiary/aromatic N) is 4. The molecule has 0 radical (unpaired) electrons. The summed E-state index contributed by atoms with van der Waals surface area (Å²) in [7, 11) is 2.03. The van der Waals surface area contributed by atoms with Gasteiger partial charge in [-0.25, -0.2) is 4.39 Å². The van der Waals surface area contributed by atoms with Crippen molar-refractivity contribution in [3.05, 3.63) is 132 Å². The van der Waals surface area contributed by atoms with Gasteiger partial charge in [0.25, 0.3) is 0 Å². The largest absolute Gasteiger partial charge is 0.345 e. The molecular formula is C34H35FN4O. The predicted octanol–water partition coefficient (Wildman–Crippen LogP) is 6.70. The van der Waals surface area contributed by atoms with E-state index in [-0.39, 0.29) is 17.8 Å². The fourth-order valence-electron chi connectivity index (χ4n) is 5.19. The second-order valence-electron chi connectivity index (χ2n) is 10.3. The van der Waals surface area contributed by atoms with Crippen molar-refractivity contribution in [3.63, 3.8) is 0 Å². The molecule has 0 spiro atoms. The lowest BCUT2D eigenvalue weighted by atomic mass is 10.0. The van der Waals surface area contributed by atoms with Crippen molar-refractivity contribution >= 4 is 23.4 Å². The molecule has 2 heterocycles. The molecule has 0 unspecified atom stereocenters. The zero-order valence-electron chi connectivity index (χ0n) is 22.9. The SMILES string of the molecule is CN(c1ccncc1)c1ccc(CN(C(=O)/C=C/c2ccc(F)cc2)C2CCN(Cc3ccccc3)CC2)cc1. The molecule has 0 bridgehead atoms. The number of carbonyl (C=O) groups is 1. The number of hydrogen-bond acceptors (Lipinski definition) is 4. The van der Waals surface area contributed by atoms with Gasteiger partial charge >= 0.3 is 0 Å². The second kappa shape index (κ2) is 13.2. The first-order valence-electron chi connectivity index (χ1n) is 13.8. The van der Waals surface area contributed by atoms with Crippen LogP contribution in [0.3, 0.4) is 0 Å². The highest BCUT2D eigenvalue weighted by molar-refractivity contribution is 5.92. The molecule has 5 nitrogen and oxygen atoms in total. The minimum absolute atomic E-state index is 0.0242. The molecule has 1 aliphatic rings. The Balaban J connectivity index is 1.29. The average molecular weight is 535 g/mol. The number of anilines is 2. The Bertz CT molecular complexity index is 1380. The van der Waals surface area contributed by atoms with E-state index in [9.17, 15) is 9.18 Å². The maximum Gasteiger partial charge on any atom is 0.247 e. The van der Waals surface area contributed by atoms with Crippen LogP contribution in [0.5, 0.6) is 0 Å². The molecule has 3 aromatic carbocycles. The van der Waals surface area contributed by atoms with E-state index in [1.54, 1.807) is 36.7 Å². The van der Waals surface area contributed by atoms with Crippen LogP contribution in [0.4, 0.5) is 15.8 Å². The summed E-state index contributed by atoms with van der Waals surface area (Å²) in [6, 6.07) is 29.2. The minimum atomic E-state index is -0.287. The number of hydrogen-bond donors (Lipinski definition) is 0. The second-order valence-corrected chi connectivity index (χ2v) is 10.3. The lowest BCUT2D eigenvalue weighted by Crippen LogP contribution is -2.46. The van der Waals surface area contributed by atoms with Crippen molar-refractivity contribution in [1.29, 1.82) is 0 Å². The van der Waals surface area contributed by atoms with E-state index >= 15 is 0 Å². The van der Waals surface area contributed by atoms with Gasteiger partial charge < -0.3 is 9.80 Å². The molecule has 0 N–H and O–H groups in total. The fraction of sp³-hybridized carbons (Fsp3) is 0.235. The molecule has 0 atom stereocenters. The van der Waals surface area contributed by atoms with Crippen LogP contribution in [0.1, 0.15) is 29.5 Å². The van der Waals surface area contributed by atoms with E-state index in [0.717, 1.165) is 55.0 Å². The predicted molar refractivity (Wildman–Crippen MR) is 159 cm³/mol.